The molecule has 0 amide bonds. The van der Waals surface area contributed by atoms with Crippen molar-refractivity contribution >= 4 is 0 Å². The zero-order valence-electron chi connectivity index (χ0n) is 10.8. The standard InChI is InChI=1S/C13H20FNO3/c1-10(16)9-18-13-4-3-12(14)7-11(13)8-15-5-6-17-2/h3-4,7,10,15-16H,5-6,8-9H2,1-2H3. The van der Waals surface area contributed by atoms with Gasteiger partial charge in [0.25, 0.3) is 0 Å². The third-order valence-electron chi connectivity index (χ3n) is 2.30. The number of methoxy groups -OCH3 is 1. The minimum absolute atomic E-state index is 0.191. The highest BCUT2D eigenvalue weighted by Gasteiger charge is 2.06. The molecule has 0 aliphatic heterocycles. The van der Waals surface area contributed by atoms with Gasteiger partial charge in [0, 0.05) is 25.8 Å². The van der Waals surface area contributed by atoms with Crippen molar-refractivity contribution in [2.45, 2.75) is 19.6 Å². The molecule has 0 spiro atoms. The second-order valence-electron chi connectivity index (χ2n) is 4.08. The Morgan fingerprint density at radius 2 is 2.22 bits per heavy atom. The van der Waals surface area contributed by atoms with Crippen molar-refractivity contribution in [2.75, 3.05) is 26.9 Å². The Hall–Kier alpha value is -1.17. The number of hydrogen-bond donors (Lipinski definition) is 2. The van der Waals surface area contributed by atoms with E-state index in [1.807, 2.05) is 0 Å². The summed E-state index contributed by atoms with van der Waals surface area (Å²) in [5.41, 5.74) is 0.728. The van der Waals surface area contributed by atoms with Crippen molar-refractivity contribution in [2.24, 2.45) is 0 Å². The molecule has 5 heteroatoms. The number of benzene rings is 1. The van der Waals surface area contributed by atoms with Gasteiger partial charge < -0.3 is 19.9 Å². The summed E-state index contributed by atoms with van der Waals surface area (Å²) in [6, 6.07) is 4.35. The molecule has 0 fully saturated rings. The Labute approximate surface area is 107 Å². The molecule has 4 nitrogen and oxygen atoms in total. The van der Waals surface area contributed by atoms with E-state index in [1.165, 1.54) is 12.1 Å². The van der Waals surface area contributed by atoms with Crippen LogP contribution in [0, 0.1) is 5.82 Å². The molecule has 0 heterocycles. The van der Waals surface area contributed by atoms with E-state index in [0.29, 0.717) is 25.4 Å². The van der Waals surface area contributed by atoms with Crippen LogP contribution in [-0.4, -0.2) is 38.1 Å². The minimum Gasteiger partial charge on any atom is -0.491 e. The third-order valence-corrected chi connectivity index (χ3v) is 2.30. The van der Waals surface area contributed by atoms with Crippen molar-refractivity contribution in [3.05, 3.63) is 29.6 Å². The van der Waals surface area contributed by atoms with Gasteiger partial charge >= 0.3 is 0 Å². The van der Waals surface area contributed by atoms with Crippen LogP contribution >= 0.6 is 0 Å². The summed E-state index contributed by atoms with van der Waals surface area (Å²) >= 11 is 0. The predicted octanol–water partition coefficient (Wildman–Crippen LogP) is 1.32. The Morgan fingerprint density at radius 1 is 1.44 bits per heavy atom. The summed E-state index contributed by atoms with van der Waals surface area (Å²) < 4.78 is 23.5. The van der Waals surface area contributed by atoms with Crippen LogP contribution < -0.4 is 10.1 Å². The van der Waals surface area contributed by atoms with E-state index >= 15 is 0 Å². The summed E-state index contributed by atoms with van der Waals surface area (Å²) in [5.74, 6) is 0.283. The van der Waals surface area contributed by atoms with Crippen LogP contribution in [0.1, 0.15) is 12.5 Å². The first-order chi connectivity index (χ1) is 8.63. The Kier molecular flexibility index (Phi) is 6.64. The van der Waals surface area contributed by atoms with Gasteiger partial charge in [0.1, 0.15) is 18.2 Å². The van der Waals surface area contributed by atoms with Crippen molar-refractivity contribution in [1.29, 1.82) is 0 Å². The quantitative estimate of drug-likeness (QED) is 0.690. The molecular weight excluding hydrogens is 237 g/mol. The molecule has 1 atom stereocenters. The second-order valence-corrected chi connectivity index (χ2v) is 4.08. The largest absolute Gasteiger partial charge is 0.491 e. The molecule has 0 saturated heterocycles. The number of hydrogen-bond acceptors (Lipinski definition) is 4. The molecule has 0 aliphatic carbocycles. The van der Waals surface area contributed by atoms with Gasteiger partial charge in [-0.05, 0) is 25.1 Å². The van der Waals surface area contributed by atoms with E-state index in [2.05, 4.69) is 5.32 Å². The number of aliphatic hydroxyl groups is 1. The van der Waals surface area contributed by atoms with E-state index in [9.17, 15) is 9.50 Å². The van der Waals surface area contributed by atoms with E-state index in [1.54, 1.807) is 20.1 Å². The van der Waals surface area contributed by atoms with Crippen LogP contribution in [0.15, 0.2) is 18.2 Å². The van der Waals surface area contributed by atoms with Crippen LogP contribution in [-0.2, 0) is 11.3 Å². The van der Waals surface area contributed by atoms with E-state index in [4.69, 9.17) is 9.47 Å². The lowest BCUT2D eigenvalue weighted by Crippen LogP contribution is -2.20. The smallest absolute Gasteiger partial charge is 0.124 e. The second kappa shape index (κ2) is 8.02. The molecule has 0 radical (unpaired) electrons. The molecule has 0 aromatic heterocycles. The van der Waals surface area contributed by atoms with E-state index < -0.39 is 6.10 Å². The highest BCUT2D eigenvalue weighted by atomic mass is 19.1. The Balaban J connectivity index is 2.58. The first-order valence-corrected chi connectivity index (χ1v) is 5.92. The van der Waals surface area contributed by atoms with Gasteiger partial charge in [-0.2, -0.15) is 0 Å². The van der Waals surface area contributed by atoms with Gasteiger partial charge in [-0.25, -0.2) is 4.39 Å². The van der Waals surface area contributed by atoms with Gasteiger partial charge in [0.2, 0.25) is 0 Å². The van der Waals surface area contributed by atoms with Crippen LogP contribution in [0.3, 0.4) is 0 Å². The lowest BCUT2D eigenvalue weighted by molar-refractivity contribution is 0.122. The molecule has 18 heavy (non-hydrogen) atoms. The summed E-state index contributed by atoms with van der Waals surface area (Å²) in [7, 11) is 1.63. The summed E-state index contributed by atoms with van der Waals surface area (Å²) in [5, 5.41) is 12.3. The predicted molar refractivity (Wildman–Crippen MR) is 67.2 cm³/mol. The lowest BCUT2D eigenvalue weighted by atomic mass is 10.2. The van der Waals surface area contributed by atoms with E-state index in [-0.39, 0.29) is 12.4 Å². The fraction of sp³-hybridized carbons (Fsp3) is 0.538. The van der Waals surface area contributed by atoms with Crippen LogP contribution in [0.25, 0.3) is 0 Å². The average Bonchev–Trinajstić information content (AvgIpc) is 2.33. The number of nitrogens with one attached hydrogen (secondary N) is 1. The first-order valence-electron chi connectivity index (χ1n) is 5.92. The third kappa shape index (κ3) is 5.44. The van der Waals surface area contributed by atoms with Crippen molar-refractivity contribution in [3.8, 4) is 5.75 Å². The summed E-state index contributed by atoms with van der Waals surface area (Å²) in [4.78, 5) is 0. The van der Waals surface area contributed by atoms with Gasteiger partial charge in [-0.3, -0.25) is 0 Å². The Morgan fingerprint density at radius 3 is 2.89 bits per heavy atom. The number of halogens is 1. The number of rotatable bonds is 8. The minimum atomic E-state index is -0.552. The van der Waals surface area contributed by atoms with Crippen molar-refractivity contribution < 1.29 is 19.0 Å². The van der Waals surface area contributed by atoms with Gasteiger partial charge in [0.15, 0.2) is 0 Å². The molecular formula is C13H20FNO3. The van der Waals surface area contributed by atoms with E-state index in [0.717, 1.165) is 5.56 Å². The monoisotopic (exact) mass is 257 g/mol. The summed E-state index contributed by atoms with van der Waals surface area (Å²) in [6.07, 6.45) is -0.552. The van der Waals surface area contributed by atoms with Gasteiger partial charge in [-0.1, -0.05) is 0 Å². The van der Waals surface area contributed by atoms with Gasteiger partial charge in [0.05, 0.1) is 12.7 Å². The van der Waals surface area contributed by atoms with Crippen molar-refractivity contribution in [1.82, 2.24) is 5.32 Å². The average molecular weight is 257 g/mol. The van der Waals surface area contributed by atoms with Gasteiger partial charge in [-0.15, -0.1) is 0 Å². The van der Waals surface area contributed by atoms with Crippen LogP contribution in [0.5, 0.6) is 5.75 Å². The topological polar surface area (TPSA) is 50.7 Å². The van der Waals surface area contributed by atoms with Crippen LogP contribution in [0.4, 0.5) is 4.39 Å². The Bertz CT molecular complexity index is 358. The maximum atomic E-state index is 13.2. The SMILES string of the molecule is COCCNCc1cc(F)ccc1OCC(C)O. The zero-order valence-corrected chi connectivity index (χ0v) is 10.8. The molecule has 1 aromatic rings. The summed E-state index contributed by atoms with van der Waals surface area (Å²) in [6.45, 7) is 3.61. The number of aliphatic hydroxyl groups excluding tert-OH is 1. The van der Waals surface area contributed by atoms with Crippen LogP contribution in [0.2, 0.25) is 0 Å². The molecule has 0 aliphatic rings. The molecule has 1 unspecified atom stereocenters. The molecule has 1 aromatic carbocycles. The molecule has 102 valence electrons. The molecule has 2 N–H and O–H groups in total. The fourth-order valence-corrected chi connectivity index (χ4v) is 1.43. The highest BCUT2D eigenvalue weighted by Crippen LogP contribution is 2.19. The van der Waals surface area contributed by atoms with Crippen molar-refractivity contribution in [3.63, 3.8) is 0 Å². The fourth-order valence-electron chi connectivity index (χ4n) is 1.43. The maximum absolute atomic E-state index is 13.2. The molecule has 0 bridgehead atoms. The maximum Gasteiger partial charge on any atom is 0.124 e. The molecule has 1 rings (SSSR count). The normalized spacial score (nSPS) is 12.4. The number of ether oxygens (including phenoxy) is 2. The molecule has 0 saturated carbocycles. The first kappa shape index (κ1) is 14.9. The zero-order chi connectivity index (χ0) is 13.4. The highest BCUT2D eigenvalue weighted by molar-refractivity contribution is 5.33. The lowest BCUT2D eigenvalue weighted by Gasteiger charge is -2.13.